The number of rotatable bonds is 5. The molecule has 0 saturated heterocycles. The van der Waals surface area contributed by atoms with Gasteiger partial charge in [0.2, 0.25) is 0 Å². The number of ether oxygens (including phenoxy) is 2. The third-order valence-electron chi connectivity index (χ3n) is 3.98. The zero-order valence-corrected chi connectivity index (χ0v) is 14.5. The summed E-state index contributed by atoms with van der Waals surface area (Å²) in [4.78, 5) is 24.4. The lowest BCUT2D eigenvalue weighted by atomic mass is 9.96. The number of amides is 1. The number of benzene rings is 1. The molecule has 0 heterocycles. The summed E-state index contributed by atoms with van der Waals surface area (Å²) >= 11 is 0. The molecular formula is C18H25NO4. The fourth-order valence-corrected chi connectivity index (χ4v) is 2.22. The van der Waals surface area contributed by atoms with Crippen molar-refractivity contribution in [3.05, 3.63) is 23.8 Å². The molecule has 1 aromatic carbocycles. The molecule has 5 heteroatoms. The Kier molecular flexibility index (Phi) is 4.68. The monoisotopic (exact) mass is 319 g/mol. The van der Waals surface area contributed by atoms with Gasteiger partial charge < -0.3 is 9.47 Å². The van der Waals surface area contributed by atoms with Gasteiger partial charge in [-0.2, -0.15) is 0 Å². The first-order valence-electron chi connectivity index (χ1n) is 7.83. The van der Waals surface area contributed by atoms with Crippen LogP contribution in [-0.2, 0) is 16.0 Å². The molecular weight excluding hydrogens is 294 g/mol. The molecule has 1 aromatic rings. The minimum Gasteiger partial charge on any atom is -0.497 e. The first-order chi connectivity index (χ1) is 10.6. The Morgan fingerprint density at radius 2 is 1.91 bits per heavy atom. The molecule has 1 amide bonds. The standard InChI is InChI=1S/C18H25NO4/c1-17(2,3)23-16(21)19-14-11-13(22-5)7-6-12(14)10-15(20)18(4)8-9-18/h6-7,11H,8-10H2,1-5H3,(H,19,21). The summed E-state index contributed by atoms with van der Waals surface area (Å²) < 4.78 is 10.5. The van der Waals surface area contributed by atoms with Crippen molar-refractivity contribution in [1.82, 2.24) is 0 Å². The predicted octanol–water partition coefficient (Wildman–Crippen LogP) is 3.95. The van der Waals surface area contributed by atoms with Crippen LogP contribution in [0, 0.1) is 5.41 Å². The van der Waals surface area contributed by atoms with E-state index in [9.17, 15) is 9.59 Å². The Balaban J connectivity index is 2.17. The number of carbonyl (C=O) groups excluding carboxylic acids is 2. The first kappa shape index (κ1) is 17.3. The average Bonchev–Trinajstić information content (AvgIpc) is 3.17. The molecule has 0 atom stereocenters. The van der Waals surface area contributed by atoms with Crippen molar-refractivity contribution in [3.63, 3.8) is 0 Å². The summed E-state index contributed by atoms with van der Waals surface area (Å²) in [6.07, 6.45) is 1.64. The number of nitrogens with one attached hydrogen (secondary N) is 1. The molecule has 1 aliphatic carbocycles. The second kappa shape index (κ2) is 6.22. The Bertz CT molecular complexity index is 612. The minimum absolute atomic E-state index is 0.191. The Morgan fingerprint density at radius 3 is 2.43 bits per heavy atom. The molecule has 5 nitrogen and oxygen atoms in total. The van der Waals surface area contributed by atoms with Gasteiger partial charge in [0, 0.05) is 17.9 Å². The molecule has 0 radical (unpaired) electrons. The molecule has 0 spiro atoms. The van der Waals surface area contributed by atoms with Crippen LogP contribution in [0.4, 0.5) is 10.5 Å². The van der Waals surface area contributed by atoms with E-state index in [-0.39, 0.29) is 11.2 Å². The van der Waals surface area contributed by atoms with E-state index in [1.165, 1.54) is 0 Å². The van der Waals surface area contributed by atoms with Crippen molar-refractivity contribution in [2.75, 3.05) is 12.4 Å². The number of anilines is 1. The number of ketones is 1. The van der Waals surface area contributed by atoms with Gasteiger partial charge in [-0.05, 0) is 45.2 Å². The molecule has 0 aromatic heterocycles. The van der Waals surface area contributed by atoms with Gasteiger partial charge in [0.1, 0.15) is 17.1 Å². The number of hydrogen-bond donors (Lipinski definition) is 1. The van der Waals surface area contributed by atoms with Gasteiger partial charge in [0.05, 0.1) is 12.8 Å². The molecule has 1 saturated carbocycles. The van der Waals surface area contributed by atoms with Crippen LogP contribution in [-0.4, -0.2) is 24.6 Å². The topological polar surface area (TPSA) is 64.6 Å². The molecule has 1 fully saturated rings. The van der Waals surface area contributed by atoms with E-state index in [0.29, 0.717) is 17.9 Å². The van der Waals surface area contributed by atoms with E-state index >= 15 is 0 Å². The van der Waals surface area contributed by atoms with Crippen LogP contribution in [0.5, 0.6) is 5.75 Å². The highest BCUT2D eigenvalue weighted by Gasteiger charge is 2.44. The van der Waals surface area contributed by atoms with Crippen LogP contribution < -0.4 is 10.1 Å². The van der Waals surface area contributed by atoms with Crippen LogP contribution in [0.15, 0.2) is 18.2 Å². The van der Waals surface area contributed by atoms with Crippen LogP contribution >= 0.6 is 0 Å². The van der Waals surface area contributed by atoms with Crippen LogP contribution in [0.1, 0.15) is 46.1 Å². The third kappa shape index (κ3) is 4.71. The number of hydrogen-bond acceptors (Lipinski definition) is 4. The van der Waals surface area contributed by atoms with Crippen LogP contribution in [0.2, 0.25) is 0 Å². The van der Waals surface area contributed by atoms with Gasteiger partial charge in [-0.1, -0.05) is 13.0 Å². The molecule has 0 aliphatic heterocycles. The SMILES string of the molecule is COc1ccc(CC(=O)C2(C)CC2)c(NC(=O)OC(C)(C)C)c1. The summed E-state index contributed by atoms with van der Waals surface area (Å²) in [5.41, 5.74) is 0.551. The normalized spacial score (nSPS) is 15.7. The van der Waals surface area contributed by atoms with E-state index < -0.39 is 11.7 Å². The van der Waals surface area contributed by atoms with E-state index in [1.807, 2.05) is 13.0 Å². The van der Waals surface area contributed by atoms with Gasteiger partial charge in [-0.3, -0.25) is 10.1 Å². The van der Waals surface area contributed by atoms with Gasteiger partial charge in [-0.15, -0.1) is 0 Å². The predicted molar refractivity (Wildman–Crippen MR) is 88.9 cm³/mol. The van der Waals surface area contributed by atoms with E-state index in [1.54, 1.807) is 40.0 Å². The van der Waals surface area contributed by atoms with Crippen molar-refractivity contribution in [2.45, 2.75) is 52.6 Å². The summed E-state index contributed by atoms with van der Waals surface area (Å²) in [7, 11) is 1.56. The Labute approximate surface area is 137 Å². The molecule has 0 bridgehead atoms. The molecule has 23 heavy (non-hydrogen) atoms. The van der Waals surface area contributed by atoms with Crippen molar-refractivity contribution in [1.29, 1.82) is 0 Å². The molecule has 0 unspecified atom stereocenters. The van der Waals surface area contributed by atoms with Crippen molar-refractivity contribution >= 4 is 17.6 Å². The average molecular weight is 319 g/mol. The van der Waals surface area contributed by atoms with E-state index in [2.05, 4.69) is 5.32 Å². The summed E-state index contributed by atoms with van der Waals surface area (Å²) in [6.45, 7) is 7.39. The maximum atomic E-state index is 12.3. The van der Waals surface area contributed by atoms with Gasteiger partial charge in [-0.25, -0.2) is 4.79 Å². The zero-order valence-electron chi connectivity index (χ0n) is 14.5. The highest BCUT2D eigenvalue weighted by atomic mass is 16.6. The molecule has 126 valence electrons. The second-order valence-corrected chi connectivity index (χ2v) is 7.31. The fraction of sp³-hybridized carbons (Fsp3) is 0.556. The number of Topliss-reactive ketones (excluding diaryl/α,β-unsaturated/α-hetero) is 1. The van der Waals surface area contributed by atoms with Crippen molar-refractivity contribution in [2.24, 2.45) is 5.41 Å². The lowest BCUT2D eigenvalue weighted by Gasteiger charge is -2.21. The van der Waals surface area contributed by atoms with Gasteiger partial charge in [0.25, 0.3) is 0 Å². The highest BCUT2D eigenvalue weighted by Crippen LogP contribution is 2.46. The van der Waals surface area contributed by atoms with E-state index in [0.717, 1.165) is 18.4 Å². The maximum absolute atomic E-state index is 12.3. The summed E-state index contributed by atoms with van der Waals surface area (Å²) in [5, 5.41) is 2.73. The second-order valence-electron chi connectivity index (χ2n) is 7.31. The first-order valence-corrected chi connectivity index (χ1v) is 7.83. The largest absolute Gasteiger partial charge is 0.497 e. The van der Waals surface area contributed by atoms with Gasteiger partial charge >= 0.3 is 6.09 Å². The number of carbonyl (C=O) groups is 2. The third-order valence-corrected chi connectivity index (χ3v) is 3.98. The zero-order chi connectivity index (χ0) is 17.3. The molecule has 1 N–H and O–H groups in total. The van der Waals surface area contributed by atoms with Crippen LogP contribution in [0.25, 0.3) is 0 Å². The Hall–Kier alpha value is -2.04. The minimum atomic E-state index is -0.583. The summed E-state index contributed by atoms with van der Waals surface area (Å²) in [5.74, 6) is 0.819. The number of methoxy groups -OCH3 is 1. The van der Waals surface area contributed by atoms with E-state index in [4.69, 9.17) is 9.47 Å². The maximum Gasteiger partial charge on any atom is 0.412 e. The van der Waals surface area contributed by atoms with Crippen molar-refractivity contribution in [3.8, 4) is 5.75 Å². The highest BCUT2D eigenvalue weighted by molar-refractivity contribution is 5.92. The molecule has 1 aliphatic rings. The summed E-state index contributed by atoms with van der Waals surface area (Å²) in [6, 6.07) is 5.31. The van der Waals surface area contributed by atoms with Crippen molar-refractivity contribution < 1.29 is 19.1 Å². The lowest BCUT2D eigenvalue weighted by Crippen LogP contribution is -2.27. The molecule has 2 rings (SSSR count). The lowest BCUT2D eigenvalue weighted by molar-refractivity contribution is -0.122. The smallest absolute Gasteiger partial charge is 0.412 e. The van der Waals surface area contributed by atoms with Crippen LogP contribution in [0.3, 0.4) is 0 Å². The quantitative estimate of drug-likeness (QED) is 0.892. The Morgan fingerprint density at radius 1 is 1.26 bits per heavy atom. The fourth-order valence-electron chi connectivity index (χ4n) is 2.22. The van der Waals surface area contributed by atoms with Gasteiger partial charge in [0.15, 0.2) is 0 Å².